The topological polar surface area (TPSA) is 70.1 Å². The number of hydrogen-bond donors (Lipinski definition) is 1. The minimum Gasteiger partial charge on any atom is -0.384 e. The number of nitrogens with zero attached hydrogens (tertiary/aromatic N) is 2. The van der Waals surface area contributed by atoms with Crippen LogP contribution in [-0.2, 0) is 4.79 Å². The number of ketones is 1. The summed E-state index contributed by atoms with van der Waals surface area (Å²) in [5, 5.41) is 10.5. The molecule has 1 aliphatic carbocycles. The molecule has 2 aliphatic rings. The summed E-state index contributed by atoms with van der Waals surface area (Å²) >= 11 is 6.01. The molecule has 0 fully saturated rings. The Bertz CT molecular complexity index is 1050. The van der Waals surface area contributed by atoms with Crippen molar-refractivity contribution in [2.75, 3.05) is 4.90 Å². The van der Waals surface area contributed by atoms with E-state index in [1.54, 1.807) is 29.2 Å². The first-order valence-corrected chi connectivity index (χ1v) is 9.36. The van der Waals surface area contributed by atoms with Crippen LogP contribution >= 0.6 is 11.6 Å². The summed E-state index contributed by atoms with van der Waals surface area (Å²) in [5.74, 6) is -0.679. The Morgan fingerprint density at radius 3 is 2.43 bits per heavy atom. The van der Waals surface area contributed by atoms with Gasteiger partial charge in [0, 0.05) is 28.4 Å². The van der Waals surface area contributed by atoms with Gasteiger partial charge < -0.3 is 5.73 Å². The zero-order valence-corrected chi connectivity index (χ0v) is 15.7. The van der Waals surface area contributed by atoms with Crippen LogP contribution in [0.15, 0.2) is 71.2 Å². The van der Waals surface area contributed by atoms with Gasteiger partial charge in [-0.15, -0.1) is 0 Å². The molecule has 140 valence electrons. The van der Waals surface area contributed by atoms with Crippen molar-refractivity contribution >= 4 is 23.1 Å². The minimum absolute atomic E-state index is 0.00483. The molecule has 1 aliphatic heterocycles. The number of rotatable bonds is 2. The standard InChI is InChI=1S/C22H17ClFN3O/c23-14-6-10-16(11-7-14)27-18-2-1-3-19(28)21(18)20(17(12-25)22(27)26)13-4-8-15(24)9-5-13/h4-11,20H,1-3,26H2. The Hall–Kier alpha value is -3.10. The molecule has 0 spiro atoms. The Morgan fingerprint density at radius 2 is 1.79 bits per heavy atom. The SMILES string of the molecule is N#CC1=C(N)N(c2ccc(Cl)cc2)C2=C(C(=O)CCC2)C1c1ccc(F)cc1. The highest BCUT2D eigenvalue weighted by Crippen LogP contribution is 2.46. The molecule has 0 bridgehead atoms. The maximum atomic E-state index is 13.4. The molecule has 0 aromatic heterocycles. The zero-order valence-electron chi connectivity index (χ0n) is 15.0. The zero-order chi connectivity index (χ0) is 19.8. The first-order chi connectivity index (χ1) is 13.5. The van der Waals surface area contributed by atoms with Crippen LogP contribution in [0.3, 0.4) is 0 Å². The number of Topliss-reactive ketones (excluding diaryl/α,β-unsaturated/α-hetero) is 1. The first-order valence-electron chi connectivity index (χ1n) is 8.98. The summed E-state index contributed by atoms with van der Waals surface area (Å²) in [4.78, 5) is 14.7. The van der Waals surface area contributed by atoms with Gasteiger partial charge in [-0.05, 0) is 54.8 Å². The van der Waals surface area contributed by atoms with E-state index in [1.807, 2.05) is 12.1 Å². The van der Waals surface area contributed by atoms with E-state index in [0.717, 1.165) is 11.4 Å². The van der Waals surface area contributed by atoms with Gasteiger partial charge in [-0.3, -0.25) is 9.69 Å². The quantitative estimate of drug-likeness (QED) is 0.796. The summed E-state index contributed by atoms with van der Waals surface area (Å²) in [6, 6.07) is 15.2. The molecule has 0 amide bonds. The van der Waals surface area contributed by atoms with E-state index in [0.29, 0.717) is 35.4 Å². The molecule has 1 atom stereocenters. The fourth-order valence-corrected chi connectivity index (χ4v) is 4.09. The van der Waals surface area contributed by atoms with Gasteiger partial charge in [-0.2, -0.15) is 5.26 Å². The molecule has 1 unspecified atom stereocenters. The predicted octanol–water partition coefficient (Wildman–Crippen LogP) is 4.78. The molecular formula is C22H17ClFN3O. The summed E-state index contributed by atoms with van der Waals surface area (Å²) in [7, 11) is 0. The third kappa shape index (κ3) is 2.96. The number of nitrogens with two attached hydrogens (primary N) is 1. The number of carbonyl (C=O) groups is 1. The molecule has 2 aromatic carbocycles. The molecule has 0 radical (unpaired) electrons. The molecule has 2 N–H and O–H groups in total. The van der Waals surface area contributed by atoms with E-state index in [1.165, 1.54) is 12.1 Å². The highest BCUT2D eigenvalue weighted by atomic mass is 35.5. The third-order valence-electron chi connectivity index (χ3n) is 5.20. The second-order valence-electron chi connectivity index (χ2n) is 6.84. The lowest BCUT2D eigenvalue weighted by Gasteiger charge is -2.39. The fourth-order valence-electron chi connectivity index (χ4n) is 3.96. The van der Waals surface area contributed by atoms with E-state index < -0.39 is 5.92 Å². The van der Waals surface area contributed by atoms with Gasteiger partial charge in [0.2, 0.25) is 0 Å². The number of allylic oxidation sites excluding steroid dienone is 3. The van der Waals surface area contributed by atoms with Crippen LogP contribution in [0, 0.1) is 17.1 Å². The van der Waals surface area contributed by atoms with Crippen LogP contribution in [0.4, 0.5) is 10.1 Å². The minimum atomic E-state index is -0.586. The second kappa shape index (κ2) is 7.14. The van der Waals surface area contributed by atoms with Gasteiger partial charge in [0.05, 0.1) is 17.6 Å². The maximum Gasteiger partial charge on any atom is 0.161 e. The summed E-state index contributed by atoms with van der Waals surface area (Å²) in [6.07, 6.45) is 1.80. The summed E-state index contributed by atoms with van der Waals surface area (Å²) in [6.45, 7) is 0. The van der Waals surface area contributed by atoms with Gasteiger partial charge in [-0.25, -0.2) is 4.39 Å². The van der Waals surface area contributed by atoms with Gasteiger partial charge in [-0.1, -0.05) is 23.7 Å². The largest absolute Gasteiger partial charge is 0.384 e. The molecule has 4 rings (SSSR count). The van der Waals surface area contributed by atoms with E-state index in [2.05, 4.69) is 6.07 Å². The molecule has 4 nitrogen and oxygen atoms in total. The predicted molar refractivity (Wildman–Crippen MR) is 106 cm³/mol. The van der Waals surface area contributed by atoms with Gasteiger partial charge in [0.1, 0.15) is 11.6 Å². The number of hydrogen-bond acceptors (Lipinski definition) is 4. The number of halogens is 2. The molecule has 0 saturated heterocycles. The van der Waals surface area contributed by atoms with E-state index in [4.69, 9.17) is 17.3 Å². The molecule has 28 heavy (non-hydrogen) atoms. The van der Waals surface area contributed by atoms with Crippen molar-refractivity contribution in [2.24, 2.45) is 5.73 Å². The van der Waals surface area contributed by atoms with Crippen LogP contribution in [0.1, 0.15) is 30.7 Å². The van der Waals surface area contributed by atoms with Crippen molar-refractivity contribution in [3.63, 3.8) is 0 Å². The fraction of sp³-hybridized carbons (Fsp3) is 0.182. The highest BCUT2D eigenvalue weighted by Gasteiger charge is 2.40. The molecule has 6 heteroatoms. The molecule has 1 heterocycles. The average molecular weight is 394 g/mol. The second-order valence-corrected chi connectivity index (χ2v) is 7.28. The van der Waals surface area contributed by atoms with Gasteiger partial charge >= 0.3 is 0 Å². The summed E-state index contributed by atoms with van der Waals surface area (Å²) in [5.41, 5.74) is 9.52. The van der Waals surface area contributed by atoms with E-state index in [-0.39, 0.29) is 23.0 Å². The number of nitriles is 1. The van der Waals surface area contributed by atoms with Crippen LogP contribution in [0.25, 0.3) is 0 Å². The monoisotopic (exact) mass is 393 g/mol. The van der Waals surface area contributed by atoms with Gasteiger partial charge in [0.15, 0.2) is 5.78 Å². The maximum absolute atomic E-state index is 13.4. The first kappa shape index (κ1) is 18.3. The Kier molecular flexibility index (Phi) is 4.66. The lowest BCUT2D eigenvalue weighted by Crippen LogP contribution is -2.38. The van der Waals surface area contributed by atoms with Crippen LogP contribution < -0.4 is 10.6 Å². The normalized spacial score (nSPS) is 19.5. The van der Waals surface area contributed by atoms with Gasteiger partial charge in [0.25, 0.3) is 0 Å². The van der Waals surface area contributed by atoms with Crippen LogP contribution in [0.5, 0.6) is 0 Å². The Balaban J connectivity index is 1.95. The van der Waals surface area contributed by atoms with Crippen LogP contribution in [0.2, 0.25) is 5.02 Å². The smallest absolute Gasteiger partial charge is 0.161 e. The lowest BCUT2D eigenvalue weighted by atomic mass is 9.75. The third-order valence-corrected chi connectivity index (χ3v) is 5.45. The Labute approximate surface area is 167 Å². The number of anilines is 1. The highest BCUT2D eigenvalue weighted by molar-refractivity contribution is 6.30. The molecule has 2 aromatic rings. The van der Waals surface area contributed by atoms with Crippen molar-refractivity contribution < 1.29 is 9.18 Å². The average Bonchev–Trinajstić information content (AvgIpc) is 2.69. The Morgan fingerprint density at radius 1 is 1.11 bits per heavy atom. The molecular weight excluding hydrogens is 377 g/mol. The van der Waals surface area contributed by atoms with E-state index >= 15 is 0 Å². The van der Waals surface area contributed by atoms with Crippen molar-refractivity contribution in [3.05, 3.63) is 87.6 Å². The number of benzene rings is 2. The lowest BCUT2D eigenvalue weighted by molar-refractivity contribution is -0.116. The number of carbonyl (C=O) groups excluding carboxylic acids is 1. The van der Waals surface area contributed by atoms with Crippen molar-refractivity contribution in [1.82, 2.24) is 0 Å². The van der Waals surface area contributed by atoms with E-state index in [9.17, 15) is 14.4 Å². The van der Waals surface area contributed by atoms with Crippen molar-refractivity contribution in [3.8, 4) is 6.07 Å². The van der Waals surface area contributed by atoms with Crippen LogP contribution in [-0.4, -0.2) is 5.78 Å². The van der Waals surface area contributed by atoms with Crippen molar-refractivity contribution in [2.45, 2.75) is 25.2 Å². The van der Waals surface area contributed by atoms with Crippen molar-refractivity contribution in [1.29, 1.82) is 5.26 Å². The molecule has 0 saturated carbocycles. The summed E-state index contributed by atoms with van der Waals surface area (Å²) < 4.78 is 13.4.